The van der Waals surface area contributed by atoms with Gasteiger partial charge in [-0.05, 0) is 49.9 Å². The molecule has 1 atom stereocenters. The summed E-state index contributed by atoms with van der Waals surface area (Å²) in [7, 11) is 0. The maximum Gasteiger partial charge on any atom is 0.164 e. The number of rotatable bonds is 7. The molecule has 1 aliphatic rings. The third kappa shape index (κ3) is 3.85. The van der Waals surface area contributed by atoms with Crippen LogP contribution < -0.4 is 4.90 Å². The SMILES string of the molecule is O=C(CCCCO)c1cnc2[nH]nc(N3CCC[C@@H]3c3cc(F)ccc3F)c2c1. The minimum atomic E-state index is -0.474. The summed E-state index contributed by atoms with van der Waals surface area (Å²) in [6.45, 7) is 0.707. The zero-order chi connectivity index (χ0) is 20.4. The van der Waals surface area contributed by atoms with Gasteiger partial charge in [-0.2, -0.15) is 5.10 Å². The molecule has 4 rings (SSSR count). The van der Waals surface area contributed by atoms with Gasteiger partial charge in [-0.1, -0.05) is 0 Å². The van der Waals surface area contributed by atoms with E-state index in [9.17, 15) is 13.6 Å². The van der Waals surface area contributed by atoms with Gasteiger partial charge in [0.1, 0.15) is 11.6 Å². The third-order valence-corrected chi connectivity index (χ3v) is 5.37. The topological polar surface area (TPSA) is 82.1 Å². The molecule has 0 amide bonds. The molecule has 6 nitrogen and oxygen atoms in total. The number of anilines is 1. The monoisotopic (exact) mass is 400 g/mol. The number of unbranched alkanes of at least 4 members (excludes halogenated alkanes) is 1. The highest BCUT2D eigenvalue weighted by Gasteiger charge is 2.31. The Morgan fingerprint density at radius 1 is 1.28 bits per heavy atom. The van der Waals surface area contributed by atoms with Crippen LogP contribution in [-0.2, 0) is 0 Å². The van der Waals surface area contributed by atoms with Crippen molar-refractivity contribution in [1.29, 1.82) is 0 Å². The van der Waals surface area contributed by atoms with Crippen molar-refractivity contribution in [1.82, 2.24) is 15.2 Å². The van der Waals surface area contributed by atoms with Crippen molar-refractivity contribution in [3.8, 4) is 0 Å². The first kappa shape index (κ1) is 19.4. The molecule has 0 spiro atoms. The van der Waals surface area contributed by atoms with Crippen molar-refractivity contribution < 1.29 is 18.7 Å². The van der Waals surface area contributed by atoms with Crippen LogP contribution in [0.15, 0.2) is 30.5 Å². The van der Waals surface area contributed by atoms with Crippen LogP contribution in [-0.4, -0.2) is 39.2 Å². The first-order valence-corrected chi connectivity index (χ1v) is 9.78. The summed E-state index contributed by atoms with van der Waals surface area (Å²) < 4.78 is 28.1. The molecule has 0 bridgehead atoms. The maximum absolute atomic E-state index is 14.4. The zero-order valence-electron chi connectivity index (χ0n) is 15.9. The van der Waals surface area contributed by atoms with Crippen LogP contribution in [0.2, 0.25) is 0 Å². The van der Waals surface area contributed by atoms with Crippen molar-refractivity contribution in [3.05, 3.63) is 53.2 Å². The van der Waals surface area contributed by atoms with Gasteiger partial charge in [0.2, 0.25) is 0 Å². The van der Waals surface area contributed by atoms with E-state index >= 15 is 0 Å². The molecule has 0 unspecified atom stereocenters. The number of aromatic amines is 1. The number of nitrogens with one attached hydrogen (secondary N) is 1. The van der Waals surface area contributed by atoms with E-state index in [0.29, 0.717) is 60.2 Å². The Hall–Kier alpha value is -2.87. The highest BCUT2D eigenvalue weighted by molar-refractivity contribution is 6.00. The lowest BCUT2D eigenvalue weighted by molar-refractivity contribution is 0.0977. The fourth-order valence-corrected chi connectivity index (χ4v) is 3.92. The third-order valence-electron chi connectivity index (χ3n) is 5.37. The van der Waals surface area contributed by atoms with Crippen LogP contribution in [0.3, 0.4) is 0 Å². The quantitative estimate of drug-likeness (QED) is 0.464. The van der Waals surface area contributed by atoms with E-state index in [2.05, 4.69) is 15.2 Å². The minimum Gasteiger partial charge on any atom is -0.396 e. The number of H-pyrrole nitrogens is 1. The summed E-state index contributed by atoms with van der Waals surface area (Å²) in [6, 6.07) is 4.91. The molecule has 2 aromatic heterocycles. The summed E-state index contributed by atoms with van der Waals surface area (Å²) in [5, 5.41) is 16.8. The van der Waals surface area contributed by atoms with Gasteiger partial charge in [-0.15, -0.1) is 0 Å². The molecular formula is C21H22F2N4O2. The standard InChI is InChI=1S/C21H22F2N4O2/c22-14-6-7-17(23)15(11-14)18-4-3-8-27(18)21-16-10-13(12-24-20(16)25-26-21)19(29)5-1-2-9-28/h6-7,10-12,18,28H,1-5,8-9H2,(H,24,25,26)/t18-/m1/s1. The van der Waals surface area contributed by atoms with Gasteiger partial charge < -0.3 is 10.0 Å². The van der Waals surface area contributed by atoms with Crippen molar-refractivity contribution >= 4 is 22.6 Å². The lowest BCUT2D eigenvalue weighted by Crippen LogP contribution is -2.24. The summed E-state index contributed by atoms with van der Waals surface area (Å²) >= 11 is 0. The minimum absolute atomic E-state index is 0.0471. The molecule has 2 N–H and O–H groups in total. The van der Waals surface area contributed by atoms with Gasteiger partial charge in [0.05, 0.1) is 11.4 Å². The number of ketones is 1. The van der Waals surface area contributed by atoms with Crippen LogP contribution in [0.4, 0.5) is 14.6 Å². The van der Waals surface area contributed by atoms with Crippen molar-refractivity contribution in [2.75, 3.05) is 18.1 Å². The number of carbonyl (C=O) groups is 1. The van der Waals surface area contributed by atoms with Crippen LogP contribution in [0.1, 0.15) is 54.1 Å². The molecule has 3 heterocycles. The van der Waals surface area contributed by atoms with E-state index in [4.69, 9.17) is 5.11 Å². The molecular weight excluding hydrogens is 378 g/mol. The van der Waals surface area contributed by atoms with Gasteiger partial charge in [0, 0.05) is 36.9 Å². The van der Waals surface area contributed by atoms with Crippen molar-refractivity contribution in [3.63, 3.8) is 0 Å². The van der Waals surface area contributed by atoms with E-state index < -0.39 is 11.6 Å². The van der Waals surface area contributed by atoms with Gasteiger partial charge >= 0.3 is 0 Å². The van der Waals surface area contributed by atoms with Crippen molar-refractivity contribution in [2.24, 2.45) is 0 Å². The first-order chi connectivity index (χ1) is 14.1. The summed E-state index contributed by atoms with van der Waals surface area (Å²) in [4.78, 5) is 18.7. The van der Waals surface area contributed by atoms with E-state index in [1.165, 1.54) is 12.3 Å². The van der Waals surface area contributed by atoms with Gasteiger partial charge in [-0.3, -0.25) is 9.89 Å². The van der Waals surface area contributed by atoms with E-state index in [0.717, 1.165) is 18.6 Å². The average Bonchev–Trinajstić information content (AvgIpc) is 3.35. The number of pyridine rings is 1. The zero-order valence-corrected chi connectivity index (χ0v) is 15.9. The summed E-state index contributed by atoms with van der Waals surface area (Å²) in [5.74, 6) is -0.378. The number of halogens is 2. The Balaban J connectivity index is 1.67. The number of Topliss-reactive ketones (excluding diaryl/α,β-unsaturated/α-hetero) is 1. The van der Waals surface area contributed by atoms with Crippen LogP contribution >= 0.6 is 0 Å². The molecule has 1 fully saturated rings. The second-order valence-electron chi connectivity index (χ2n) is 7.29. The molecule has 1 aromatic carbocycles. The van der Waals surface area contributed by atoms with Gasteiger partial charge in [0.15, 0.2) is 17.2 Å². The van der Waals surface area contributed by atoms with E-state index in [1.54, 1.807) is 6.07 Å². The number of hydrogen-bond acceptors (Lipinski definition) is 5. The second-order valence-corrected chi connectivity index (χ2v) is 7.29. The molecule has 0 aliphatic carbocycles. The first-order valence-electron chi connectivity index (χ1n) is 9.78. The number of aromatic nitrogens is 3. The van der Waals surface area contributed by atoms with Crippen molar-refractivity contribution in [2.45, 2.75) is 38.1 Å². The molecule has 0 radical (unpaired) electrons. The number of nitrogens with zero attached hydrogens (tertiary/aromatic N) is 3. The van der Waals surface area contributed by atoms with Crippen LogP contribution in [0, 0.1) is 11.6 Å². The highest BCUT2D eigenvalue weighted by atomic mass is 19.1. The Bertz CT molecular complexity index is 1040. The number of hydrogen-bond donors (Lipinski definition) is 2. The molecule has 1 aliphatic heterocycles. The number of benzene rings is 1. The maximum atomic E-state index is 14.4. The second kappa shape index (κ2) is 8.24. The predicted octanol–water partition coefficient (Wildman–Crippen LogP) is 3.92. The number of aliphatic hydroxyl groups excluding tert-OH is 1. The highest BCUT2D eigenvalue weighted by Crippen LogP contribution is 2.39. The van der Waals surface area contributed by atoms with E-state index in [1.807, 2.05) is 4.90 Å². The number of aliphatic hydroxyl groups is 1. The molecule has 3 aromatic rings. The average molecular weight is 400 g/mol. The van der Waals surface area contributed by atoms with Crippen LogP contribution in [0.5, 0.6) is 0 Å². The number of fused-ring (bicyclic) bond motifs is 1. The number of carbonyl (C=O) groups excluding carboxylic acids is 1. The lowest BCUT2D eigenvalue weighted by Gasteiger charge is -2.25. The molecule has 1 saturated heterocycles. The smallest absolute Gasteiger partial charge is 0.164 e. The Kier molecular flexibility index (Phi) is 5.53. The largest absolute Gasteiger partial charge is 0.396 e. The Labute approximate surface area is 166 Å². The molecule has 29 heavy (non-hydrogen) atoms. The predicted molar refractivity (Wildman–Crippen MR) is 105 cm³/mol. The lowest BCUT2D eigenvalue weighted by atomic mass is 10.0. The fourth-order valence-electron chi connectivity index (χ4n) is 3.92. The Morgan fingerprint density at radius 2 is 2.14 bits per heavy atom. The summed E-state index contributed by atoms with van der Waals surface area (Å²) in [6.07, 6.45) is 4.54. The summed E-state index contributed by atoms with van der Waals surface area (Å²) in [5.41, 5.74) is 1.32. The Morgan fingerprint density at radius 3 is 2.97 bits per heavy atom. The molecule has 0 saturated carbocycles. The fraction of sp³-hybridized carbons (Fsp3) is 0.381. The molecule has 152 valence electrons. The van der Waals surface area contributed by atoms with E-state index in [-0.39, 0.29) is 18.4 Å². The molecule has 8 heteroatoms. The normalized spacial score (nSPS) is 16.7. The van der Waals surface area contributed by atoms with Gasteiger partial charge in [-0.25, -0.2) is 13.8 Å². The van der Waals surface area contributed by atoms with Gasteiger partial charge in [0.25, 0.3) is 0 Å². The van der Waals surface area contributed by atoms with Crippen LogP contribution in [0.25, 0.3) is 11.0 Å².